The molecule has 4 aromatic rings. The Morgan fingerprint density at radius 2 is 2.09 bits per heavy atom. The Kier molecular flexibility index (Phi) is 5.44. The average Bonchev–Trinajstić information content (AvgIpc) is 3.46. The summed E-state index contributed by atoms with van der Waals surface area (Å²) in [6.45, 7) is 0.250. The lowest BCUT2D eigenvalue weighted by Crippen LogP contribution is -2.20. The lowest BCUT2D eigenvalue weighted by Gasteiger charge is -2.27. The van der Waals surface area contributed by atoms with E-state index in [1.807, 2.05) is 23.0 Å². The molecule has 0 saturated heterocycles. The van der Waals surface area contributed by atoms with E-state index >= 15 is 0 Å². The maximum atomic E-state index is 13.0. The third-order valence-electron chi connectivity index (χ3n) is 6.41. The maximum Gasteiger partial charge on any atom is 0.331 e. The van der Waals surface area contributed by atoms with E-state index in [9.17, 15) is 9.90 Å². The van der Waals surface area contributed by atoms with Gasteiger partial charge in [-0.05, 0) is 49.8 Å². The third-order valence-corrected chi connectivity index (χ3v) is 6.41. The minimum absolute atomic E-state index is 0.250. The summed E-state index contributed by atoms with van der Waals surface area (Å²) in [6.07, 6.45) is 9.04. The molecule has 1 saturated carbocycles. The van der Waals surface area contributed by atoms with Gasteiger partial charge >= 0.3 is 6.03 Å². The number of benzene rings is 1. The van der Waals surface area contributed by atoms with Crippen molar-refractivity contribution in [3.05, 3.63) is 48.4 Å². The first-order chi connectivity index (χ1) is 16.1. The van der Waals surface area contributed by atoms with Crippen LogP contribution in [-0.4, -0.2) is 44.2 Å². The van der Waals surface area contributed by atoms with Gasteiger partial charge in [-0.1, -0.05) is 0 Å². The number of aliphatic hydroxyl groups is 1. The van der Waals surface area contributed by atoms with Crippen LogP contribution in [0.2, 0.25) is 0 Å². The number of pyridine rings is 1. The number of carbonyl (C=O) groups is 1. The van der Waals surface area contributed by atoms with Gasteiger partial charge in [-0.25, -0.2) is 9.78 Å². The van der Waals surface area contributed by atoms with Crippen LogP contribution in [-0.2, 0) is 0 Å². The SMILES string of the molecule is COc1cc2nn([C@H]3CC[C@H](CO)CC3)cc2cc1NC(=O)n1ccc2cc(C#N)cnc21. The first-order valence-electron chi connectivity index (χ1n) is 11.0. The third kappa shape index (κ3) is 3.90. The largest absolute Gasteiger partial charge is 0.494 e. The van der Waals surface area contributed by atoms with E-state index in [4.69, 9.17) is 15.1 Å². The van der Waals surface area contributed by atoms with Gasteiger partial charge in [0.2, 0.25) is 0 Å². The van der Waals surface area contributed by atoms with Gasteiger partial charge in [-0.2, -0.15) is 10.4 Å². The first-order valence-corrected chi connectivity index (χ1v) is 11.0. The van der Waals surface area contributed by atoms with Crippen molar-refractivity contribution in [2.75, 3.05) is 19.0 Å². The molecule has 1 aliphatic rings. The highest BCUT2D eigenvalue weighted by Gasteiger charge is 2.23. The van der Waals surface area contributed by atoms with Crippen molar-refractivity contribution in [3.63, 3.8) is 0 Å². The summed E-state index contributed by atoms with van der Waals surface area (Å²) in [4.78, 5) is 17.3. The molecule has 0 spiro atoms. The summed E-state index contributed by atoms with van der Waals surface area (Å²) < 4.78 is 8.93. The van der Waals surface area contributed by atoms with Gasteiger partial charge in [-0.15, -0.1) is 0 Å². The molecular weight excluding hydrogens is 420 g/mol. The molecule has 0 atom stereocenters. The van der Waals surface area contributed by atoms with Crippen LogP contribution in [0.3, 0.4) is 0 Å². The van der Waals surface area contributed by atoms with Gasteiger partial charge in [-0.3, -0.25) is 9.25 Å². The molecule has 5 rings (SSSR count). The monoisotopic (exact) mass is 444 g/mol. The van der Waals surface area contributed by atoms with Crippen LogP contribution in [0.5, 0.6) is 5.75 Å². The number of amides is 1. The zero-order chi connectivity index (χ0) is 22.9. The van der Waals surface area contributed by atoms with Crippen LogP contribution >= 0.6 is 0 Å². The summed E-state index contributed by atoms with van der Waals surface area (Å²) in [5.74, 6) is 0.903. The van der Waals surface area contributed by atoms with E-state index in [1.54, 1.807) is 25.4 Å². The van der Waals surface area contributed by atoms with Crippen LogP contribution in [0, 0.1) is 17.2 Å². The first kappa shape index (κ1) is 21.0. The molecule has 0 unspecified atom stereocenters. The van der Waals surface area contributed by atoms with Gasteiger partial charge in [0.25, 0.3) is 0 Å². The highest BCUT2D eigenvalue weighted by atomic mass is 16.5. The van der Waals surface area contributed by atoms with E-state index in [0.29, 0.717) is 40.0 Å². The number of nitrogens with one attached hydrogen (secondary N) is 1. The van der Waals surface area contributed by atoms with Crippen LogP contribution in [0.4, 0.5) is 10.5 Å². The molecule has 1 aliphatic carbocycles. The van der Waals surface area contributed by atoms with Crippen molar-refractivity contribution >= 4 is 33.7 Å². The van der Waals surface area contributed by atoms with Crippen LogP contribution in [0.15, 0.2) is 42.9 Å². The fourth-order valence-corrected chi connectivity index (χ4v) is 4.54. The van der Waals surface area contributed by atoms with E-state index in [0.717, 1.165) is 36.6 Å². The smallest absolute Gasteiger partial charge is 0.331 e. The highest BCUT2D eigenvalue weighted by molar-refractivity contribution is 6.00. The van der Waals surface area contributed by atoms with Gasteiger partial charge in [0.05, 0.1) is 29.9 Å². The number of rotatable bonds is 4. The number of ether oxygens (including phenoxy) is 1. The predicted molar refractivity (Wildman–Crippen MR) is 123 cm³/mol. The molecular formula is C24H24N6O3. The Balaban J connectivity index is 1.42. The molecule has 3 heterocycles. The number of hydrogen-bond acceptors (Lipinski definition) is 6. The second-order valence-electron chi connectivity index (χ2n) is 8.44. The number of fused-ring (bicyclic) bond motifs is 2. The van der Waals surface area contributed by atoms with Gasteiger partial charge in [0.1, 0.15) is 17.5 Å². The number of hydrogen-bond donors (Lipinski definition) is 2. The summed E-state index contributed by atoms with van der Waals surface area (Å²) in [7, 11) is 1.56. The minimum atomic E-state index is -0.380. The Morgan fingerprint density at radius 3 is 2.82 bits per heavy atom. The maximum absolute atomic E-state index is 13.0. The van der Waals surface area contributed by atoms with Crippen molar-refractivity contribution in [1.82, 2.24) is 19.3 Å². The topological polar surface area (TPSA) is 118 Å². The van der Waals surface area contributed by atoms with Crippen molar-refractivity contribution < 1.29 is 14.6 Å². The van der Waals surface area contributed by atoms with E-state index in [1.165, 1.54) is 10.8 Å². The quantitative estimate of drug-likeness (QED) is 0.490. The number of aromatic nitrogens is 4. The molecule has 33 heavy (non-hydrogen) atoms. The molecule has 0 radical (unpaired) electrons. The summed E-state index contributed by atoms with van der Waals surface area (Å²) in [6, 6.07) is 9.11. The number of carbonyl (C=O) groups excluding carboxylic acids is 1. The van der Waals surface area contributed by atoms with Crippen molar-refractivity contribution in [3.8, 4) is 11.8 Å². The van der Waals surface area contributed by atoms with Crippen LogP contribution in [0.25, 0.3) is 21.9 Å². The average molecular weight is 444 g/mol. The number of anilines is 1. The molecule has 1 amide bonds. The van der Waals surface area contributed by atoms with Crippen LogP contribution < -0.4 is 10.1 Å². The van der Waals surface area contributed by atoms with Crippen molar-refractivity contribution in [2.24, 2.45) is 5.92 Å². The predicted octanol–water partition coefficient (Wildman–Crippen LogP) is 4.07. The molecule has 2 N–H and O–H groups in total. The standard InChI is InChI=1S/C24H24N6O3/c1-33-22-10-20-18(13-30(28-20)19-4-2-15(14-31)3-5-19)9-21(22)27-24(32)29-7-6-17-8-16(11-25)12-26-23(17)29/h6-10,12-13,15,19,31H,2-5,14H2,1H3,(H,27,32)/t15-,19-. The zero-order valence-corrected chi connectivity index (χ0v) is 18.2. The van der Waals surface area contributed by atoms with Crippen LogP contribution in [0.1, 0.15) is 37.3 Å². The number of methoxy groups -OCH3 is 1. The molecule has 0 bridgehead atoms. The minimum Gasteiger partial charge on any atom is -0.494 e. The molecule has 0 aliphatic heterocycles. The molecule has 9 heteroatoms. The Labute approximate surface area is 190 Å². The molecule has 3 aromatic heterocycles. The zero-order valence-electron chi connectivity index (χ0n) is 18.2. The fraction of sp³-hybridized carbons (Fsp3) is 0.333. The van der Waals surface area contributed by atoms with Gasteiger partial charge in [0, 0.05) is 42.0 Å². The van der Waals surface area contributed by atoms with E-state index < -0.39 is 0 Å². The number of aliphatic hydroxyl groups excluding tert-OH is 1. The molecule has 9 nitrogen and oxygen atoms in total. The van der Waals surface area contributed by atoms with E-state index in [-0.39, 0.29) is 12.6 Å². The van der Waals surface area contributed by atoms with Gasteiger partial charge in [0.15, 0.2) is 0 Å². The second kappa shape index (κ2) is 8.56. The summed E-state index contributed by atoms with van der Waals surface area (Å²) >= 11 is 0. The Bertz CT molecular complexity index is 1370. The van der Waals surface area contributed by atoms with Crippen molar-refractivity contribution in [2.45, 2.75) is 31.7 Å². The normalized spacial score (nSPS) is 18.3. The molecule has 1 aromatic carbocycles. The number of nitrogens with zero attached hydrogens (tertiary/aromatic N) is 5. The lowest BCUT2D eigenvalue weighted by molar-refractivity contribution is 0.165. The van der Waals surface area contributed by atoms with Gasteiger partial charge < -0.3 is 15.2 Å². The molecule has 1 fully saturated rings. The number of nitriles is 1. The summed E-state index contributed by atoms with van der Waals surface area (Å²) in [5, 5.41) is 27.7. The van der Waals surface area contributed by atoms with E-state index in [2.05, 4.69) is 16.4 Å². The highest BCUT2D eigenvalue weighted by Crippen LogP contribution is 2.35. The summed E-state index contributed by atoms with van der Waals surface area (Å²) in [5.41, 5.74) is 2.24. The van der Waals surface area contributed by atoms with Crippen molar-refractivity contribution in [1.29, 1.82) is 5.26 Å². The second-order valence-corrected chi connectivity index (χ2v) is 8.44. The lowest BCUT2D eigenvalue weighted by atomic mass is 9.87. The Hall–Kier alpha value is -3.90. The molecule has 168 valence electrons. The fourth-order valence-electron chi connectivity index (χ4n) is 4.54. The Morgan fingerprint density at radius 1 is 1.27 bits per heavy atom.